The minimum Gasteiger partial charge on any atom is -0.480 e. The normalized spacial score (nSPS) is 12.8. The number of esters is 1. The van der Waals surface area contributed by atoms with Gasteiger partial charge in [-0.15, -0.1) is 0 Å². The van der Waals surface area contributed by atoms with Gasteiger partial charge in [0.25, 0.3) is 0 Å². The fourth-order valence-corrected chi connectivity index (χ4v) is 4.06. The number of carbonyl (C=O) groups excluding carboxylic acids is 2. The fourth-order valence-electron chi connectivity index (χ4n) is 4.06. The number of ether oxygens (including phenoxy) is 1. The van der Waals surface area contributed by atoms with Crippen LogP contribution in [0.5, 0.6) is 0 Å². The maximum absolute atomic E-state index is 12.5. The Morgan fingerprint density at radius 1 is 0.683 bits per heavy atom. The van der Waals surface area contributed by atoms with Crippen molar-refractivity contribution in [1.82, 2.24) is 5.32 Å². The summed E-state index contributed by atoms with van der Waals surface area (Å²) < 4.78 is 5.79. The summed E-state index contributed by atoms with van der Waals surface area (Å²) in [6.45, 7) is 4.00. The van der Waals surface area contributed by atoms with Crippen molar-refractivity contribution in [1.29, 1.82) is 0 Å². The van der Waals surface area contributed by atoms with E-state index in [0.29, 0.717) is 12.8 Å². The fraction of sp³-hybridized carbons (Fsp3) is 0.629. The Morgan fingerprint density at radius 3 is 1.93 bits per heavy atom. The largest absolute Gasteiger partial charge is 0.480 e. The van der Waals surface area contributed by atoms with Crippen molar-refractivity contribution in [3.8, 4) is 0 Å². The Hall–Kier alpha value is -2.89. The molecule has 6 heteroatoms. The van der Waals surface area contributed by atoms with E-state index in [4.69, 9.17) is 9.84 Å². The van der Waals surface area contributed by atoms with Gasteiger partial charge in [-0.1, -0.05) is 94.2 Å². The predicted molar refractivity (Wildman–Crippen MR) is 171 cm³/mol. The first-order valence-electron chi connectivity index (χ1n) is 15.9. The van der Waals surface area contributed by atoms with E-state index in [1.807, 2.05) is 6.08 Å². The van der Waals surface area contributed by atoms with Crippen LogP contribution in [0.4, 0.5) is 0 Å². The van der Waals surface area contributed by atoms with Crippen LogP contribution in [0.2, 0.25) is 0 Å². The van der Waals surface area contributed by atoms with Gasteiger partial charge in [0.15, 0.2) is 0 Å². The molecule has 0 radical (unpaired) electrons. The molecule has 0 bridgehead atoms. The van der Waals surface area contributed by atoms with Crippen molar-refractivity contribution < 1.29 is 24.2 Å². The molecule has 0 aromatic carbocycles. The third kappa shape index (κ3) is 29.9. The van der Waals surface area contributed by atoms with Gasteiger partial charge in [-0.2, -0.15) is 0 Å². The van der Waals surface area contributed by atoms with Gasteiger partial charge in [0.1, 0.15) is 12.6 Å². The van der Waals surface area contributed by atoms with E-state index in [1.54, 1.807) is 0 Å². The number of aliphatic carboxylic acids is 1. The standard InChI is InChI=1S/C35H57NO5/c1-3-5-7-9-10-11-12-13-14-15-16-17-18-20-26-30-35(40)41-32(27-23-19-8-6-4-2)28-24-21-22-25-29-33(37)36-31-34(38)39/h5,7,10-11,13-14,16-17,23,27,32H,3-4,6,8-9,12,15,18-22,24-26,28-31H2,1-2H3,(H,36,37)(H,38,39)/b7-5-,11-10-,14-13-,17-16-,27-23-. The van der Waals surface area contributed by atoms with E-state index in [0.717, 1.165) is 89.9 Å². The molecular weight excluding hydrogens is 514 g/mol. The number of carboxylic acid groups (broad SMARTS) is 1. The maximum atomic E-state index is 12.5. The van der Waals surface area contributed by atoms with E-state index < -0.39 is 5.97 Å². The number of hydrogen-bond donors (Lipinski definition) is 2. The lowest BCUT2D eigenvalue weighted by molar-refractivity contribution is -0.147. The number of hydrogen-bond acceptors (Lipinski definition) is 4. The van der Waals surface area contributed by atoms with Crippen molar-refractivity contribution in [2.45, 2.75) is 136 Å². The number of amides is 1. The number of unbranched alkanes of at least 4 members (excludes halogenated alkanes) is 8. The molecule has 1 atom stereocenters. The van der Waals surface area contributed by atoms with Crippen LogP contribution in [0.1, 0.15) is 129 Å². The van der Waals surface area contributed by atoms with Crippen molar-refractivity contribution in [3.63, 3.8) is 0 Å². The number of nitrogens with one attached hydrogen (secondary N) is 1. The molecule has 2 N–H and O–H groups in total. The van der Waals surface area contributed by atoms with Gasteiger partial charge in [0.05, 0.1) is 0 Å². The summed E-state index contributed by atoms with van der Waals surface area (Å²) in [6, 6.07) is 0. The number of carbonyl (C=O) groups is 3. The van der Waals surface area contributed by atoms with Gasteiger partial charge in [0, 0.05) is 12.8 Å². The second-order valence-electron chi connectivity index (χ2n) is 10.3. The molecule has 0 heterocycles. The van der Waals surface area contributed by atoms with E-state index in [9.17, 15) is 14.4 Å². The van der Waals surface area contributed by atoms with E-state index >= 15 is 0 Å². The zero-order chi connectivity index (χ0) is 30.2. The molecule has 0 aromatic rings. The molecule has 0 aliphatic rings. The summed E-state index contributed by atoms with van der Waals surface area (Å²) in [5, 5.41) is 11.0. The average Bonchev–Trinajstić information content (AvgIpc) is 2.95. The third-order valence-electron chi connectivity index (χ3n) is 6.41. The second kappa shape index (κ2) is 30.1. The first-order valence-corrected chi connectivity index (χ1v) is 15.9. The summed E-state index contributed by atoms with van der Waals surface area (Å²) in [5.41, 5.74) is 0. The molecule has 232 valence electrons. The van der Waals surface area contributed by atoms with Gasteiger partial charge < -0.3 is 15.2 Å². The first kappa shape index (κ1) is 38.1. The monoisotopic (exact) mass is 571 g/mol. The number of rotatable bonds is 27. The summed E-state index contributed by atoms with van der Waals surface area (Å²) in [7, 11) is 0. The third-order valence-corrected chi connectivity index (χ3v) is 6.41. The lowest BCUT2D eigenvalue weighted by Gasteiger charge is -2.15. The molecule has 0 saturated heterocycles. The Balaban J connectivity index is 4.16. The molecule has 0 spiro atoms. The smallest absolute Gasteiger partial charge is 0.322 e. The highest BCUT2D eigenvalue weighted by Gasteiger charge is 2.11. The molecule has 1 amide bonds. The van der Waals surface area contributed by atoms with Crippen molar-refractivity contribution in [2.24, 2.45) is 0 Å². The van der Waals surface area contributed by atoms with Crippen LogP contribution < -0.4 is 5.32 Å². The summed E-state index contributed by atoms with van der Waals surface area (Å²) in [4.78, 5) is 34.6. The van der Waals surface area contributed by atoms with Crippen LogP contribution in [-0.2, 0) is 19.1 Å². The molecule has 1 unspecified atom stereocenters. The molecule has 0 aliphatic heterocycles. The van der Waals surface area contributed by atoms with Crippen LogP contribution in [0, 0.1) is 0 Å². The van der Waals surface area contributed by atoms with Gasteiger partial charge in [-0.3, -0.25) is 14.4 Å². The Morgan fingerprint density at radius 2 is 1.27 bits per heavy atom. The zero-order valence-corrected chi connectivity index (χ0v) is 25.9. The first-order chi connectivity index (χ1) is 20.0. The minimum absolute atomic E-state index is 0.131. The van der Waals surface area contributed by atoms with Crippen molar-refractivity contribution >= 4 is 17.8 Å². The summed E-state index contributed by atoms with van der Waals surface area (Å²) >= 11 is 0. The summed E-state index contributed by atoms with van der Waals surface area (Å²) in [6.07, 6.45) is 37.9. The lowest BCUT2D eigenvalue weighted by Crippen LogP contribution is -2.28. The highest BCUT2D eigenvalue weighted by molar-refractivity contribution is 5.80. The average molecular weight is 572 g/mol. The molecule has 6 nitrogen and oxygen atoms in total. The lowest BCUT2D eigenvalue weighted by atomic mass is 10.1. The minimum atomic E-state index is -1.03. The van der Waals surface area contributed by atoms with Crippen LogP contribution in [-0.4, -0.2) is 35.6 Å². The molecular formula is C35H57NO5. The Labute approximate surface area is 250 Å². The molecule has 0 fully saturated rings. The van der Waals surface area contributed by atoms with Gasteiger partial charge in [-0.05, 0) is 83.1 Å². The SMILES string of the molecule is CC/C=C\C/C=C\C/C=C\C/C=C\CCCCC(=O)OC(/C=C\CCCCC)CCCCCCC(=O)NCC(=O)O. The van der Waals surface area contributed by atoms with Gasteiger partial charge >= 0.3 is 11.9 Å². The summed E-state index contributed by atoms with van der Waals surface area (Å²) in [5.74, 6) is -1.39. The van der Waals surface area contributed by atoms with Crippen LogP contribution in [0.3, 0.4) is 0 Å². The quantitative estimate of drug-likeness (QED) is 0.0583. The Kier molecular flexibility index (Phi) is 28.0. The van der Waals surface area contributed by atoms with E-state index in [-0.39, 0.29) is 24.5 Å². The topological polar surface area (TPSA) is 92.7 Å². The number of allylic oxidation sites excluding steroid dienone is 9. The highest BCUT2D eigenvalue weighted by atomic mass is 16.5. The van der Waals surface area contributed by atoms with Crippen molar-refractivity contribution in [3.05, 3.63) is 60.8 Å². The van der Waals surface area contributed by atoms with Crippen molar-refractivity contribution in [2.75, 3.05) is 6.54 Å². The maximum Gasteiger partial charge on any atom is 0.322 e. The molecule has 0 aliphatic carbocycles. The zero-order valence-electron chi connectivity index (χ0n) is 25.9. The second-order valence-corrected chi connectivity index (χ2v) is 10.3. The van der Waals surface area contributed by atoms with E-state index in [1.165, 1.54) is 12.8 Å². The van der Waals surface area contributed by atoms with Crippen LogP contribution in [0.25, 0.3) is 0 Å². The predicted octanol–water partition coefficient (Wildman–Crippen LogP) is 8.94. The van der Waals surface area contributed by atoms with Gasteiger partial charge in [-0.25, -0.2) is 0 Å². The molecule has 41 heavy (non-hydrogen) atoms. The van der Waals surface area contributed by atoms with Crippen LogP contribution >= 0.6 is 0 Å². The van der Waals surface area contributed by atoms with Gasteiger partial charge in [0.2, 0.25) is 5.91 Å². The molecule has 0 rings (SSSR count). The van der Waals surface area contributed by atoms with Crippen LogP contribution in [0.15, 0.2) is 60.8 Å². The molecule has 0 saturated carbocycles. The number of carboxylic acids is 1. The highest BCUT2D eigenvalue weighted by Crippen LogP contribution is 2.14. The van der Waals surface area contributed by atoms with E-state index in [2.05, 4.69) is 73.8 Å². The Bertz CT molecular complexity index is 809. The molecule has 0 aromatic heterocycles.